The van der Waals surface area contributed by atoms with E-state index in [1.54, 1.807) is 28.8 Å². The number of halogens is 2. The maximum absolute atomic E-state index is 12.9. The molecule has 1 N–H and O–H groups in total. The third-order valence-corrected chi connectivity index (χ3v) is 4.72. The summed E-state index contributed by atoms with van der Waals surface area (Å²) in [6, 6.07) is 8.65. The lowest BCUT2D eigenvalue weighted by molar-refractivity contribution is -0.116. The van der Waals surface area contributed by atoms with Crippen molar-refractivity contribution in [2.45, 2.75) is 20.3 Å². The average molecular weight is 419 g/mol. The quantitative estimate of drug-likeness (QED) is 0.643. The topological polar surface area (TPSA) is 66.7 Å². The van der Waals surface area contributed by atoms with E-state index in [1.165, 1.54) is 4.90 Å². The molecular formula is C20H20Cl2N4O2. The van der Waals surface area contributed by atoms with E-state index in [4.69, 9.17) is 23.2 Å². The molecule has 3 rings (SSSR count). The molecule has 6 nitrogen and oxygen atoms in total. The molecular weight excluding hydrogens is 399 g/mol. The fourth-order valence-corrected chi connectivity index (χ4v) is 3.16. The average Bonchev–Trinajstić information content (AvgIpc) is 3.07. The number of hydrogen-bond acceptors (Lipinski definition) is 3. The van der Waals surface area contributed by atoms with Crippen molar-refractivity contribution in [3.05, 3.63) is 64.0 Å². The lowest BCUT2D eigenvalue weighted by Crippen LogP contribution is -2.38. The molecule has 0 aliphatic carbocycles. The summed E-state index contributed by atoms with van der Waals surface area (Å²) in [5.74, 6) is -0.652. The number of amides is 2. The molecule has 0 atom stereocenters. The van der Waals surface area contributed by atoms with E-state index in [9.17, 15) is 9.59 Å². The summed E-state index contributed by atoms with van der Waals surface area (Å²) in [5.41, 5.74) is 2.45. The molecule has 28 heavy (non-hydrogen) atoms. The number of aromatic nitrogens is 2. The van der Waals surface area contributed by atoms with Gasteiger partial charge in [0.1, 0.15) is 17.9 Å². The number of carbonyl (C=O) groups is 2. The maximum Gasteiger partial charge on any atom is 0.274 e. The molecule has 0 fully saturated rings. The lowest BCUT2D eigenvalue weighted by atomic mass is 10.3. The molecule has 2 aromatic heterocycles. The van der Waals surface area contributed by atoms with E-state index in [0.29, 0.717) is 40.0 Å². The highest BCUT2D eigenvalue weighted by atomic mass is 35.5. The molecule has 0 aliphatic rings. The van der Waals surface area contributed by atoms with Crippen LogP contribution < -0.4 is 5.32 Å². The van der Waals surface area contributed by atoms with Gasteiger partial charge in [-0.25, -0.2) is 4.98 Å². The fourth-order valence-electron chi connectivity index (χ4n) is 2.83. The number of imidazole rings is 1. The number of benzene rings is 1. The van der Waals surface area contributed by atoms with Gasteiger partial charge >= 0.3 is 0 Å². The van der Waals surface area contributed by atoms with Crippen molar-refractivity contribution in [1.82, 2.24) is 14.3 Å². The van der Waals surface area contributed by atoms with Gasteiger partial charge in [-0.1, -0.05) is 30.1 Å². The van der Waals surface area contributed by atoms with Crippen LogP contribution in [0.1, 0.15) is 29.4 Å². The van der Waals surface area contributed by atoms with Gasteiger partial charge in [-0.2, -0.15) is 0 Å². The molecule has 2 amide bonds. The van der Waals surface area contributed by atoms with Crippen molar-refractivity contribution >= 4 is 46.4 Å². The van der Waals surface area contributed by atoms with Crippen LogP contribution in [0.25, 0.3) is 5.65 Å². The number of rotatable bonds is 6. The number of fused-ring (bicyclic) bond motifs is 1. The smallest absolute Gasteiger partial charge is 0.274 e. The van der Waals surface area contributed by atoms with Crippen molar-refractivity contribution < 1.29 is 9.59 Å². The lowest BCUT2D eigenvalue weighted by Gasteiger charge is -2.20. The van der Waals surface area contributed by atoms with Gasteiger partial charge in [-0.05, 0) is 49.2 Å². The predicted octanol–water partition coefficient (Wildman–Crippen LogP) is 4.44. The van der Waals surface area contributed by atoms with Gasteiger partial charge in [0.25, 0.3) is 5.91 Å². The van der Waals surface area contributed by atoms with E-state index < -0.39 is 0 Å². The Morgan fingerprint density at radius 3 is 2.75 bits per heavy atom. The zero-order valence-electron chi connectivity index (χ0n) is 15.6. The van der Waals surface area contributed by atoms with Gasteiger partial charge in [0.15, 0.2) is 0 Å². The first-order chi connectivity index (χ1) is 13.4. The minimum Gasteiger partial charge on any atom is -0.328 e. The molecule has 1 aromatic carbocycles. The number of pyridine rings is 1. The highest BCUT2D eigenvalue weighted by Crippen LogP contribution is 2.25. The van der Waals surface area contributed by atoms with E-state index in [-0.39, 0.29) is 18.4 Å². The van der Waals surface area contributed by atoms with Crippen LogP contribution in [0.2, 0.25) is 10.0 Å². The Labute approximate surface area is 173 Å². The summed E-state index contributed by atoms with van der Waals surface area (Å²) in [5, 5.41) is 3.54. The van der Waals surface area contributed by atoms with Crippen LogP contribution in [0.5, 0.6) is 0 Å². The van der Waals surface area contributed by atoms with Crippen molar-refractivity contribution in [3.8, 4) is 0 Å². The monoisotopic (exact) mass is 418 g/mol. The molecule has 0 saturated carbocycles. The van der Waals surface area contributed by atoms with Gasteiger partial charge in [0.05, 0.1) is 10.7 Å². The number of aryl methyl sites for hydroxylation is 1. The first-order valence-corrected chi connectivity index (χ1v) is 9.62. The molecule has 0 spiro atoms. The van der Waals surface area contributed by atoms with Crippen molar-refractivity contribution in [3.63, 3.8) is 0 Å². The normalized spacial score (nSPS) is 10.9. The predicted molar refractivity (Wildman–Crippen MR) is 111 cm³/mol. The Balaban J connectivity index is 1.76. The first kappa shape index (κ1) is 20.2. The molecule has 0 unspecified atom stereocenters. The number of nitrogens with one attached hydrogen (secondary N) is 1. The highest BCUT2D eigenvalue weighted by Gasteiger charge is 2.21. The van der Waals surface area contributed by atoms with Gasteiger partial charge in [-0.15, -0.1) is 0 Å². The van der Waals surface area contributed by atoms with Crippen LogP contribution in [-0.2, 0) is 4.79 Å². The number of nitrogens with zero attached hydrogens (tertiary/aromatic N) is 3. The SMILES string of the molecule is CCCN(CC(=O)Nc1cc(Cl)ccc1Cl)C(=O)c1cn2ccc(C)cc2n1. The molecule has 0 aliphatic heterocycles. The van der Waals surface area contributed by atoms with Crippen molar-refractivity contribution in [2.75, 3.05) is 18.4 Å². The van der Waals surface area contributed by atoms with Gasteiger partial charge in [0.2, 0.25) is 5.91 Å². The minimum atomic E-state index is -0.356. The molecule has 146 valence electrons. The number of anilines is 1. The standard InChI is InChI=1S/C20H20Cl2N4O2/c1-3-7-26(12-19(27)24-16-10-14(21)4-5-15(16)22)20(28)17-11-25-8-6-13(2)9-18(25)23-17/h4-6,8-11H,3,7,12H2,1-2H3,(H,24,27). The second-order valence-corrected chi connectivity index (χ2v) is 7.34. The van der Waals surface area contributed by atoms with E-state index in [1.807, 2.05) is 32.2 Å². The number of carbonyl (C=O) groups excluding carboxylic acids is 2. The summed E-state index contributed by atoms with van der Waals surface area (Å²) in [4.78, 5) is 31.3. The number of hydrogen-bond donors (Lipinski definition) is 1. The second kappa shape index (κ2) is 8.63. The van der Waals surface area contributed by atoms with Crippen molar-refractivity contribution in [2.24, 2.45) is 0 Å². The Kier molecular flexibility index (Phi) is 6.21. The molecule has 0 saturated heterocycles. The Morgan fingerprint density at radius 1 is 1.21 bits per heavy atom. The summed E-state index contributed by atoms with van der Waals surface area (Å²) in [6.45, 7) is 4.23. The fraction of sp³-hybridized carbons (Fsp3) is 0.250. The van der Waals surface area contributed by atoms with Gasteiger partial charge in [-0.3, -0.25) is 9.59 Å². The molecule has 3 aromatic rings. The molecule has 2 heterocycles. The second-order valence-electron chi connectivity index (χ2n) is 6.49. The van der Waals surface area contributed by atoms with Crippen LogP contribution in [0.3, 0.4) is 0 Å². The minimum absolute atomic E-state index is 0.109. The Morgan fingerprint density at radius 2 is 2.00 bits per heavy atom. The summed E-state index contributed by atoms with van der Waals surface area (Å²) < 4.78 is 1.79. The highest BCUT2D eigenvalue weighted by molar-refractivity contribution is 6.35. The van der Waals surface area contributed by atoms with Crippen molar-refractivity contribution in [1.29, 1.82) is 0 Å². The summed E-state index contributed by atoms with van der Waals surface area (Å²) >= 11 is 12.0. The van der Waals surface area contributed by atoms with Crippen LogP contribution in [-0.4, -0.2) is 39.2 Å². The van der Waals surface area contributed by atoms with Gasteiger partial charge < -0.3 is 14.6 Å². The zero-order chi connectivity index (χ0) is 20.3. The molecule has 0 radical (unpaired) electrons. The van der Waals surface area contributed by atoms with Crippen LogP contribution in [0, 0.1) is 6.92 Å². The van der Waals surface area contributed by atoms with Crippen LogP contribution in [0.4, 0.5) is 5.69 Å². The molecule has 0 bridgehead atoms. The largest absolute Gasteiger partial charge is 0.328 e. The Bertz CT molecular complexity index is 1030. The maximum atomic E-state index is 12.9. The third-order valence-electron chi connectivity index (χ3n) is 4.15. The molecule has 8 heteroatoms. The third kappa shape index (κ3) is 4.64. The first-order valence-electron chi connectivity index (χ1n) is 8.87. The summed E-state index contributed by atoms with van der Waals surface area (Å²) in [6.07, 6.45) is 4.24. The van der Waals surface area contributed by atoms with Crippen LogP contribution >= 0.6 is 23.2 Å². The van der Waals surface area contributed by atoms with E-state index in [2.05, 4.69) is 10.3 Å². The van der Waals surface area contributed by atoms with E-state index in [0.717, 1.165) is 5.56 Å². The van der Waals surface area contributed by atoms with E-state index >= 15 is 0 Å². The van der Waals surface area contributed by atoms with Gasteiger partial charge in [0, 0.05) is 24.0 Å². The summed E-state index contributed by atoms with van der Waals surface area (Å²) in [7, 11) is 0. The van der Waals surface area contributed by atoms with Crippen LogP contribution in [0.15, 0.2) is 42.7 Å². The Hall–Kier alpha value is -2.57. The zero-order valence-corrected chi connectivity index (χ0v) is 17.1.